The van der Waals surface area contributed by atoms with Crippen LogP contribution >= 0.6 is 11.8 Å². The molecule has 0 bridgehead atoms. The molecule has 2 fully saturated rings. The van der Waals surface area contributed by atoms with Crippen LogP contribution in [0.3, 0.4) is 0 Å². The molecule has 0 aromatic heterocycles. The summed E-state index contributed by atoms with van der Waals surface area (Å²) in [5, 5.41) is 0. The molecule has 0 saturated carbocycles. The van der Waals surface area contributed by atoms with E-state index in [4.69, 9.17) is 4.74 Å². The molecular weight excluding hydrogens is 324 g/mol. The van der Waals surface area contributed by atoms with Crippen LogP contribution in [0.5, 0.6) is 5.75 Å². The number of hydrogen-bond donors (Lipinski definition) is 0. The fraction of sp³-hybridized carbons (Fsp3) is 0.556. The molecule has 0 radical (unpaired) electrons. The Labute approximate surface area is 147 Å². The van der Waals surface area contributed by atoms with Gasteiger partial charge in [0.15, 0.2) is 0 Å². The highest BCUT2D eigenvalue weighted by Crippen LogP contribution is 2.44. The summed E-state index contributed by atoms with van der Waals surface area (Å²) in [6, 6.07) is 7.89. The second kappa shape index (κ2) is 7.15. The molecule has 1 spiro atoms. The number of nitrogens with zero attached hydrogens (tertiary/aromatic N) is 2. The van der Waals surface area contributed by atoms with E-state index >= 15 is 0 Å². The summed E-state index contributed by atoms with van der Waals surface area (Å²) < 4.78 is 5.65. The van der Waals surface area contributed by atoms with Gasteiger partial charge in [-0.25, -0.2) is 0 Å². The van der Waals surface area contributed by atoms with Gasteiger partial charge in [-0.1, -0.05) is 18.2 Å². The number of para-hydroxylation sites is 1. The van der Waals surface area contributed by atoms with Crippen molar-refractivity contribution < 1.29 is 14.3 Å². The summed E-state index contributed by atoms with van der Waals surface area (Å²) in [5.74, 6) is 2.60. The number of rotatable bonds is 6. The number of ether oxygens (including phenoxy) is 1. The lowest BCUT2D eigenvalue weighted by molar-refractivity contribution is -0.143. The van der Waals surface area contributed by atoms with Crippen molar-refractivity contribution in [2.45, 2.75) is 26.3 Å². The molecule has 1 aromatic rings. The Morgan fingerprint density at radius 1 is 1.33 bits per heavy atom. The van der Waals surface area contributed by atoms with Crippen LogP contribution in [0.4, 0.5) is 0 Å². The lowest BCUT2D eigenvalue weighted by Gasteiger charge is -2.25. The van der Waals surface area contributed by atoms with Gasteiger partial charge in [-0.3, -0.25) is 19.4 Å². The van der Waals surface area contributed by atoms with Gasteiger partial charge >= 0.3 is 0 Å². The Balaban J connectivity index is 1.66. The molecule has 2 aliphatic rings. The van der Waals surface area contributed by atoms with E-state index in [1.165, 1.54) is 4.90 Å². The third-order valence-corrected chi connectivity index (χ3v) is 5.94. The van der Waals surface area contributed by atoms with Crippen molar-refractivity contribution in [3.63, 3.8) is 0 Å². The summed E-state index contributed by atoms with van der Waals surface area (Å²) in [4.78, 5) is 28.5. The van der Waals surface area contributed by atoms with Crippen molar-refractivity contribution in [1.82, 2.24) is 9.80 Å². The highest BCUT2D eigenvalue weighted by molar-refractivity contribution is 7.99. The van der Waals surface area contributed by atoms with Crippen LogP contribution in [0.1, 0.15) is 25.3 Å². The molecule has 130 valence electrons. The normalized spacial score (nSPS) is 23.7. The van der Waals surface area contributed by atoms with E-state index in [1.807, 2.05) is 43.1 Å². The fourth-order valence-electron chi connectivity index (χ4n) is 3.43. The first-order chi connectivity index (χ1) is 11.6. The van der Waals surface area contributed by atoms with Gasteiger partial charge in [0.05, 0.1) is 18.7 Å². The Morgan fingerprint density at radius 3 is 2.83 bits per heavy atom. The minimum absolute atomic E-state index is 0.0162. The predicted octanol–water partition coefficient (Wildman–Crippen LogP) is 2.36. The fourth-order valence-corrected chi connectivity index (χ4v) is 4.87. The summed E-state index contributed by atoms with van der Waals surface area (Å²) in [6.45, 7) is 3.55. The van der Waals surface area contributed by atoms with E-state index in [0.717, 1.165) is 29.2 Å². The van der Waals surface area contributed by atoms with E-state index in [-0.39, 0.29) is 11.8 Å². The number of hydrogen-bond acceptors (Lipinski definition) is 5. The standard InChI is InChI=1S/C18H24N2O3S/c1-3-23-15-7-5-4-6-14(15)11-19(2)13-20-16(21)10-18(17(20)22)8-9-24-12-18/h4-7H,3,8-13H2,1-2H3. The third kappa shape index (κ3) is 3.30. The second-order valence-electron chi connectivity index (χ2n) is 6.58. The Morgan fingerprint density at radius 2 is 2.12 bits per heavy atom. The van der Waals surface area contributed by atoms with Crippen LogP contribution in [-0.4, -0.2) is 53.4 Å². The number of thioether (sulfide) groups is 1. The van der Waals surface area contributed by atoms with Crippen LogP contribution in [0.25, 0.3) is 0 Å². The molecule has 1 atom stereocenters. The molecule has 0 aliphatic carbocycles. The molecule has 0 N–H and O–H groups in total. The largest absolute Gasteiger partial charge is 0.494 e. The van der Waals surface area contributed by atoms with Crippen molar-refractivity contribution in [1.29, 1.82) is 0 Å². The molecule has 2 heterocycles. The summed E-state index contributed by atoms with van der Waals surface area (Å²) in [7, 11) is 1.93. The maximum atomic E-state index is 12.7. The van der Waals surface area contributed by atoms with Crippen LogP contribution in [0, 0.1) is 5.41 Å². The number of imide groups is 1. The molecule has 24 heavy (non-hydrogen) atoms. The monoisotopic (exact) mass is 348 g/mol. The van der Waals surface area contributed by atoms with Crippen molar-refractivity contribution in [2.24, 2.45) is 5.41 Å². The second-order valence-corrected chi connectivity index (χ2v) is 7.69. The zero-order chi connectivity index (χ0) is 17.2. The van der Waals surface area contributed by atoms with Crippen molar-refractivity contribution in [3.05, 3.63) is 29.8 Å². The Bertz CT molecular complexity index is 628. The topological polar surface area (TPSA) is 49.9 Å². The van der Waals surface area contributed by atoms with E-state index < -0.39 is 5.41 Å². The molecule has 5 nitrogen and oxygen atoms in total. The zero-order valence-electron chi connectivity index (χ0n) is 14.3. The lowest BCUT2D eigenvalue weighted by Crippen LogP contribution is -2.42. The number of amides is 2. The first-order valence-corrected chi connectivity index (χ1v) is 9.53. The molecule has 2 amide bonds. The minimum atomic E-state index is -0.425. The molecule has 2 saturated heterocycles. The number of carbonyl (C=O) groups excluding carboxylic acids is 2. The van der Waals surface area contributed by atoms with Gasteiger partial charge in [0.25, 0.3) is 0 Å². The zero-order valence-corrected chi connectivity index (χ0v) is 15.1. The minimum Gasteiger partial charge on any atom is -0.494 e. The van der Waals surface area contributed by atoms with E-state index in [1.54, 1.807) is 11.8 Å². The number of carbonyl (C=O) groups is 2. The average Bonchev–Trinajstić information content (AvgIpc) is 3.11. The van der Waals surface area contributed by atoms with Crippen molar-refractivity contribution in [2.75, 3.05) is 31.8 Å². The van der Waals surface area contributed by atoms with E-state index in [9.17, 15) is 9.59 Å². The maximum absolute atomic E-state index is 12.7. The summed E-state index contributed by atoms with van der Waals surface area (Å²) >= 11 is 1.78. The molecule has 6 heteroatoms. The summed E-state index contributed by atoms with van der Waals surface area (Å²) in [5.41, 5.74) is 0.637. The van der Waals surface area contributed by atoms with Crippen LogP contribution in [0.15, 0.2) is 24.3 Å². The first-order valence-electron chi connectivity index (χ1n) is 8.37. The molecule has 3 rings (SSSR count). The SMILES string of the molecule is CCOc1ccccc1CN(C)CN1C(=O)CC2(CCSC2)C1=O. The van der Waals surface area contributed by atoms with Crippen molar-refractivity contribution >= 4 is 23.6 Å². The first kappa shape index (κ1) is 17.3. The Kier molecular flexibility index (Phi) is 5.15. The lowest BCUT2D eigenvalue weighted by atomic mass is 9.86. The van der Waals surface area contributed by atoms with Gasteiger partial charge < -0.3 is 4.74 Å². The smallest absolute Gasteiger partial charge is 0.237 e. The van der Waals surface area contributed by atoms with Gasteiger partial charge in [0.2, 0.25) is 11.8 Å². The Hall–Kier alpha value is -1.53. The maximum Gasteiger partial charge on any atom is 0.237 e. The number of likely N-dealkylation sites (tertiary alicyclic amines) is 1. The van der Waals surface area contributed by atoms with E-state index in [2.05, 4.69) is 0 Å². The van der Waals surface area contributed by atoms with Crippen LogP contribution in [0.2, 0.25) is 0 Å². The van der Waals surface area contributed by atoms with Crippen molar-refractivity contribution in [3.8, 4) is 5.75 Å². The van der Waals surface area contributed by atoms with Gasteiger partial charge in [0, 0.05) is 24.3 Å². The predicted molar refractivity (Wildman–Crippen MR) is 94.8 cm³/mol. The number of benzene rings is 1. The van der Waals surface area contributed by atoms with Crippen LogP contribution < -0.4 is 4.74 Å². The van der Waals surface area contributed by atoms with Gasteiger partial charge in [-0.05, 0) is 32.2 Å². The van der Waals surface area contributed by atoms with Crippen LogP contribution in [-0.2, 0) is 16.1 Å². The molecule has 2 aliphatic heterocycles. The van der Waals surface area contributed by atoms with E-state index in [0.29, 0.717) is 26.2 Å². The molecule has 1 aromatic carbocycles. The molecular formula is C18H24N2O3S. The summed E-state index contributed by atoms with van der Waals surface area (Å²) in [6.07, 6.45) is 1.21. The van der Waals surface area contributed by atoms with Gasteiger partial charge in [0.1, 0.15) is 5.75 Å². The highest BCUT2D eigenvalue weighted by Gasteiger charge is 2.53. The molecule has 1 unspecified atom stereocenters. The average molecular weight is 348 g/mol. The van der Waals surface area contributed by atoms with Gasteiger partial charge in [-0.2, -0.15) is 11.8 Å². The van der Waals surface area contributed by atoms with Gasteiger partial charge in [-0.15, -0.1) is 0 Å². The quantitative estimate of drug-likeness (QED) is 0.739. The highest BCUT2D eigenvalue weighted by atomic mass is 32.2. The third-order valence-electron chi connectivity index (χ3n) is 4.69.